The molecular weight excluding hydrogens is 514 g/mol. The van der Waals surface area contributed by atoms with E-state index in [-0.39, 0.29) is 17.2 Å². The van der Waals surface area contributed by atoms with Gasteiger partial charge in [-0.15, -0.1) is 17.9 Å². The van der Waals surface area contributed by atoms with Crippen LogP contribution in [-0.2, 0) is 11.3 Å². The van der Waals surface area contributed by atoms with Gasteiger partial charge < -0.3 is 10.1 Å². The first-order chi connectivity index (χ1) is 18.5. The molecule has 0 aliphatic heterocycles. The van der Waals surface area contributed by atoms with Crippen LogP contribution in [-0.4, -0.2) is 21.2 Å². The number of ether oxygens (including phenoxy) is 1. The second kappa shape index (κ2) is 11.5. The minimum absolute atomic E-state index is 0.105. The van der Waals surface area contributed by atoms with Gasteiger partial charge >= 0.3 is 0 Å². The number of amides is 1. The Bertz CT molecular complexity index is 1640. The predicted octanol–water partition coefficient (Wildman–Crippen LogP) is 7.14. The number of thioether (sulfide) groups is 1. The Morgan fingerprint density at radius 2 is 1.76 bits per heavy atom. The highest BCUT2D eigenvalue weighted by Crippen LogP contribution is 2.32. The molecule has 8 heteroatoms. The molecule has 0 atom stereocenters. The minimum Gasteiger partial charge on any atom is -0.457 e. The third-order valence-corrected chi connectivity index (χ3v) is 7.63. The number of hydrogen-bond donors (Lipinski definition) is 1. The van der Waals surface area contributed by atoms with Crippen molar-refractivity contribution in [3.63, 3.8) is 0 Å². The lowest BCUT2D eigenvalue weighted by Crippen LogP contribution is -2.23. The second-order valence-corrected chi connectivity index (χ2v) is 10.4. The van der Waals surface area contributed by atoms with Gasteiger partial charge in [0.05, 0.1) is 11.1 Å². The number of aryl methyl sites for hydroxylation is 1. The summed E-state index contributed by atoms with van der Waals surface area (Å²) in [6.45, 7) is 6.13. The average Bonchev–Trinajstić information content (AvgIpc) is 3.36. The zero-order chi connectivity index (χ0) is 26.5. The summed E-state index contributed by atoms with van der Waals surface area (Å²) in [6.07, 6.45) is 1.66. The molecule has 0 aliphatic carbocycles. The van der Waals surface area contributed by atoms with Crippen LogP contribution in [0.25, 0.3) is 21.3 Å². The SMILES string of the molecule is C=CCn1c(SCC(=O)Nc2ccc(Oc3ccccc3)cc2)nc2scc(-c3ccc(C)cc3)c2c1=O. The number of para-hydroxylation sites is 1. The maximum Gasteiger partial charge on any atom is 0.263 e. The Balaban J connectivity index is 1.30. The van der Waals surface area contributed by atoms with Gasteiger partial charge in [-0.3, -0.25) is 14.2 Å². The molecule has 2 heterocycles. The molecule has 0 spiro atoms. The normalized spacial score (nSPS) is 10.9. The van der Waals surface area contributed by atoms with Crippen LogP contribution < -0.4 is 15.6 Å². The van der Waals surface area contributed by atoms with Crippen LogP contribution in [0.1, 0.15) is 5.56 Å². The van der Waals surface area contributed by atoms with Gasteiger partial charge in [-0.2, -0.15) is 0 Å². The van der Waals surface area contributed by atoms with Crippen LogP contribution in [0.4, 0.5) is 5.69 Å². The molecule has 5 aromatic rings. The predicted molar refractivity (Wildman–Crippen MR) is 157 cm³/mol. The summed E-state index contributed by atoms with van der Waals surface area (Å²) >= 11 is 2.66. The van der Waals surface area contributed by atoms with Crippen molar-refractivity contribution in [2.45, 2.75) is 18.6 Å². The van der Waals surface area contributed by atoms with E-state index in [0.29, 0.717) is 33.4 Å². The summed E-state index contributed by atoms with van der Waals surface area (Å²) in [5.74, 6) is 1.33. The van der Waals surface area contributed by atoms with E-state index < -0.39 is 0 Å². The van der Waals surface area contributed by atoms with Crippen LogP contribution in [0.5, 0.6) is 11.5 Å². The number of aromatic nitrogens is 2. The summed E-state index contributed by atoms with van der Waals surface area (Å²) in [6, 6.07) is 24.8. The fraction of sp³-hybridized carbons (Fsp3) is 0.100. The Labute approximate surface area is 228 Å². The number of anilines is 1. The second-order valence-electron chi connectivity index (χ2n) is 8.57. The van der Waals surface area contributed by atoms with Gasteiger partial charge in [-0.1, -0.05) is 65.9 Å². The number of benzene rings is 3. The van der Waals surface area contributed by atoms with Crippen molar-refractivity contribution < 1.29 is 9.53 Å². The number of rotatable bonds is 9. The van der Waals surface area contributed by atoms with E-state index in [1.807, 2.05) is 66.9 Å². The molecule has 0 aliphatic rings. The summed E-state index contributed by atoms with van der Waals surface area (Å²) in [5, 5.41) is 5.93. The monoisotopic (exact) mass is 539 g/mol. The van der Waals surface area contributed by atoms with Crippen LogP contribution >= 0.6 is 23.1 Å². The van der Waals surface area contributed by atoms with Crippen LogP contribution in [0.15, 0.2) is 107 Å². The van der Waals surface area contributed by atoms with Crippen molar-refractivity contribution >= 4 is 44.9 Å². The molecule has 1 amide bonds. The molecule has 0 saturated carbocycles. The lowest BCUT2D eigenvalue weighted by Gasteiger charge is -2.11. The zero-order valence-electron chi connectivity index (χ0n) is 20.7. The maximum absolute atomic E-state index is 13.5. The quantitative estimate of drug-likeness (QED) is 0.122. The fourth-order valence-corrected chi connectivity index (χ4v) is 5.71. The number of thiophene rings is 1. The minimum atomic E-state index is -0.197. The third-order valence-electron chi connectivity index (χ3n) is 5.78. The van der Waals surface area contributed by atoms with Crippen LogP contribution in [0, 0.1) is 6.92 Å². The molecule has 6 nitrogen and oxygen atoms in total. The van der Waals surface area contributed by atoms with Crippen molar-refractivity contribution in [3.05, 3.63) is 113 Å². The van der Waals surface area contributed by atoms with Crippen LogP contribution in [0.3, 0.4) is 0 Å². The largest absolute Gasteiger partial charge is 0.457 e. The molecule has 0 unspecified atom stereocenters. The summed E-state index contributed by atoms with van der Waals surface area (Å²) in [7, 11) is 0. The summed E-state index contributed by atoms with van der Waals surface area (Å²) in [4.78, 5) is 31.6. The molecule has 0 saturated heterocycles. The highest BCUT2D eigenvalue weighted by atomic mass is 32.2. The van der Waals surface area contributed by atoms with Crippen molar-refractivity contribution in [3.8, 4) is 22.6 Å². The number of nitrogens with zero attached hydrogens (tertiary/aromatic N) is 2. The van der Waals surface area contributed by atoms with Gasteiger partial charge in [0.15, 0.2) is 5.16 Å². The molecule has 2 aromatic heterocycles. The third kappa shape index (κ3) is 5.72. The highest BCUT2D eigenvalue weighted by Gasteiger charge is 2.18. The molecule has 1 N–H and O–H groups in total. The van der Waals surface area contributed by atoms with Crippen molar-refractivity contribution in [2.24, 2.45) is 0 Å². The zero-order valence-corrected chi connectivity index (χ0v) is 22.4. The van der Waals surface area contributed by atoms with Gasteiger partial charge in [0.1, 0.15) is 16.3 Å². The number of fused-ring (bicyclic) bond motifs is 1. The standard InChI is InChI=1S/C30H25N3O3S2/c1-3-17-33-29(35)27-25(21-11-9-20(2)10-12-21)18-37-28(27)32-30(33)38-19-26(34)31-22-13-15-24(16-14-22)36-23-7-5-4-6-8-23/h3-16,18H,1,17,19H2,2H3,(H,31,34). The average molecular weight is 540 g/mol. The molecular formula is C30H25N3O3S2. The van der Waals surface area contributed by atoms with Gasteiger partial charge in [-0.05, 0) is 48.9 Å². The number of allylic oxidation sites excluding steroid dienone is 1. The number of carbonyl (C=O) groups excluding carboxylic acids is 1. The lowest BCUT2D eigenvalue weighted by atomic mass is 10.1. The Kier molecular flexibility index (Phi) is 7.72. The molecule has 3 aromatic carbocycles. The van der Waals surface area contributed by atoms with E-state index in [1.54, 1.807) is 34.9 Å². The smallest absolute Gasteiger partial charge is 0.263 e. The van der Waals surface area contributed by atoms with E-state index in [0.717, 1.165) is 22.4 Å². The molecule has 0 radical (unpaired) electrons. The van der Waals surface area contributed by atoms with E-state index in [4.69, 9.17) is 9.72 Å². The van der Waals surface area contributed by atoms with Gasteiger partial charge in [-0.25, -0.2) is 4.98 Å². The van der Waals surface area contributed by atoms with E-state index in [9.17, 15) is 9.59 Å². The topological polar surface area (TPSA) is 73.2 Å². The van der Waals surface area contributed by atoms with E-state index >= 15 is 0 Å². The Morgan fingerprint density at radius 1 is 1.05 bits per heavy atom. The number of carbonyl (C=O) groups is 1. The molecule has 5 rings (SSSR count). The number of hydrogen-bond acceptors (Lipinski definition) is 6. The van der Waals surface area contributed by atoms with Gasteiger partial charge in [0.25, 0.3) is 5.56 Å². The molecule has 0 fully saturated rings. The molecule has 0 bridgehead atoms. The van der Waals surface area contributed by atoms with E-state index in [1.165, 1.54) is 23.1 Å². The highest BCUT2D eigenvalue weighted by molar-refractivity contribution is 7.99. The first kappa shape index (κ1) is 25.5. The van der Waals surface area contributed by atoms with Crippen molar-refractivity contribution in [2.75, 3.05) is 11.1 Å². The summed E-state index contributed by atoms with van der Waals surface area (Å²) in [5.41, 5.74) is 3.52. The van der Waals surface area contributed by atoms with Gasteiger partial charge in [0, 0.05) is 23.2 Å². The molecule has 190 valence electrons. The molecule has 38 heavy (non-hydrogen) atoms. The Hall–Kier alpha value is -4.14. The summed E-state index contributed by atoms with van der Waals surface area (Å²) < 4.78 is 7.37. The lowest BCUT2D eigenvalue weighted by molar-refractivity contribution is -0.113. The first-order valence-electron chi connectivity index (χ1n) is 12.0. The first-order valence-corrected chi connectivity index (χ1v) is 13.8. The van der Waals surface area contributed by atoms with E-state index in [2.05, 4.69) is 11.9 Å². The van der Waals surface area contributed by atoms with Crippen LogP contribution in [0.2, 0.25) is 0 Å². The van der Waals surface area contributed by atoms with Crippen molar-refractivity contribution in [1.82, 2.24) is 9.55 Å². The van der Waals surface area contributed by atoms with Gasteiger partial charge in [0.2, 0.25) is 5.91 Å². The Morgan fingerprint density at radius 3 is 2.47 bits per heavy atom. The number of nitrogens with one attached hydrogen (secondary N) is 1. The fourth-order valence-electron chi connectivity index (χ4n) is 3.91. The van der Waals surface area contributed by atoms with Crippen molar-refractivity contribution in [1.29, 1.82) is 0 Å². The maximum atomic E-state index is 13.5.